The first-order valence-electron chi connectivity index (χ1n) is 5.73. The van der Waals surface area contributed by atoms with Crippen LogP contribution >= 0.6 is 34.5 Å². The Labute approximate surface area is 136 Å². The zero-order valence-electron chi connectivity index (χ0n) is 11.1. The standard InChI is InChI=1S/C12H11Cl2N3O2S2/c1-7-12(20-8(2)16-7)21(18,19)17-15-6-9-3-4-10(13)11(14)5-9/h3-6,17H,1-2H3/b15-6+. The van der Waals surface area contributed by atoms with E-state index in [-0.39, 0.29) is 4.21 Å². The lowest BCUT2D eigenvalue weighted by molar-refractivity contribution is 0.586. The Hall–Kier alpha value is -1.15. The van der Waals surface area contributed by atoms with Crippen LogP contribution in [0.5, 0.6) is 0 Å². The van der Waals surface area contributed by atoms with Crippen LogP contribution in [0.2, 0.25) is 10.0 Å². The minimum Gasteiger partial charge on any atom is -0.245 e. The lowest BCUT2D eigenvalue weighted by Gasteiger charge is -2.01. The van der Waals surface area contributed by atoms with Crippen LogP contribution in [0.15, 0.2) is 27.5 Å². The van der Waals surface area contributed by atoms with Crippen LogP contribution < -0.4 is 4.83 Å². The number of rotatable bonds is 4. The number of sulfonamides is 1. The fraction of sp³-hybridized carbons (Fsp3) is 0.167. The van der Waals surface area contributed by atoms with Gasteiger partial charge in [0.15, 0.2) is 4.21 Å². The Morgan fingerprint density at radius 3 is 2.57 bits per heavy atom. The van der Waals surface area contributed by atoms with Gasteiger partial charge in [0.1, 0.15) is 0 Å². The van der Waals surface area contributed by atoms with E-state index >= 15 is 0 Å². The van der Waals surface area contributed by atoms with Crippen molar-refractivity contribution in [3.63, 3.8) is 0 Å². The Morgan fingerprint density at radius 1 is 1.29 bits per heavy atom. The molecule has 0 aliphatic heterocycles. The van der Waals surface area contributed by atoms with Crippen molar-refractivity contribution in [2.45, 2.75) is 18.1 Å². The quantitative estimate of drug-likeness (QED) is 0.668. The molecule has 112 valence electrons. The van der Waals surface area contributed by atoms with Gasteiger partial charge in [-0.25, -0.2) is 4.98 Å². The Morgan fingerprint density at radius 2 is 2.00 bits per heavy atom. The third-order valence-electron chi connectivity index (χ3n) is 2.44. The molecular weight excluding hydrogens is 353 g/mol. The fourth-order valence-electron chi connectivity index (χ4n) is 1.57. The molecule has 0 spiro atoms. The van der Waals surface area contributed by atoms with E-state index in [4.69, 9.17) is 23.2 Å². The number of hydrogen-bond acceptors (Lipinski definition) is 5. The molecule has 1 aromatic carbocycles. The number of hydrogen-bond donors (Lipinski definition) is 1. The number of aryl methyl sites for hydroxylation is 2. The Kier molecular flexibility index (Phi) is 4.88. The van der Waals surface area contributed by atoms with Crippen molar-refractivity contribution >= 4 is 50.8 Å². The summed E-state index contributed by atoms with van der Waals surface area (Å²) in [6.45, 7) is 3.39. The average molecular weight is 364 g/mol. The lowest BCUT2D eigenvalue weighted by Crippen LogP contribution is -2.18. The molecule has 9 heteroatoms. The van der Waals surface area contributed by atoms with Gasteiger partial charge >= 0.3 is 0 Å². The van der Waals surface area contributed by atoms with Gasteiger partial charge < -0.3 is 0 Å². The number of aromatic nitrogens is 1. The molecule has 1 N–H and O–H groups in total. The Balaban J connectivity index is 2.16. The molecular formula is C12H11Cl2N3O2S2. The third-order valence-corrected chi connectivity index (χ3v) is 6.08. The molecule has 0 aliphatic rings. The molecule has 0 saturated carbocycles. The van der Waals surface area contributed by atoms with Crippen LogP contribution in [0.4, 0.5) is 0 Å². The SMILES string of the molecule is Cc1nc(C)c(S(=O)(=O)N/N=C/c2ccc(Cl)c(Cl)c2)s1. The molecule has 0 fully saturated rings. The summed E-state index contributed by atoms with van der Waals surface area (Å²) in [5, 5.41) is 5.20. The zero-order valence-corrected chi connectivity index (χ0v) is 14.2. The fourth-order valence-corrected chi connectivity index (χ4v) is 4.14. The normalized spacial score (nSPS) is 12.0. The maximum atomic E-state index is 12.1. The van der Waals surface area contributed by atoms with Crippen molar-refractivity contribution in [2.75, 3.05) is 0 Å². The average Bonchev–Trinajstić information content (AvgIpc) is 2.73. The van der Waals surface area contributed by atoms with E-state index in [0.717, 1.165) is 11.3 Å². The van der Waals surface area contributed by atoms with E-state index in [1.165, 1.54) is 6.21 Å². The molecule has 1 aromatic heterocycles. The highest BCUT2D eigenvalue weighted by Crippen LogP contribution is 2.23. The monoisotopic (exact) mass is 363 g/mol. The van der Waals surface area contributed by atoms with Gasteiger partial charge in [-0.15, -0.1) is 11.3 Å². The highest BCUT2D eigenvalue weighted by molar-refractivity contribution is 7.91. The summed E-state index contributed by atoms with van der Waals surface area (Å²) in [6.07, 6.45) is 1.35. The summed E-state index contributed by atoms with van der Waals surface area (Å²) >= 11 is 12.8. The van der Waals surface area contributed by atoms with Gasteiger partial charge in [0.25, 0.3) is 10.0 Å². The van der Waals surface area contributed by atoms with Crippen molar-refractivity contribution in [1.29, 1.82) is 0 Å². The van der Waals surface area contributed by atoms with Gasteiger partial charge in [-0.3, -0.25) is 0 Å². The van der Waals surface area contributed by atoms with Crippen LogP contribution in [0.1, 0.15) is 16.3 Å². The first kappa shape index (κ1) is 16.2. The van der Waals surface area contributed by atoms with E-state index < -0.39 is 10.0 Å². The van der Waals surface area contributed by atoms with Gasteiger partial charge in [0.2, 0.25) is 0 Å². The molecule has 2 aromatic rings. The third kappa shape index (κ3) is 3.94. The maximum absolute atomic E-state index is 12.1. The molecule has 5 nitrogen and oxygen atoms in total. The molecule has 0 radical (unpaired) electrons. The number of nitrogens with one attached hydrogen (secondary N) is 1. The first-order valence-corrected chi connectivity index (χ1v) is 8.79. The first-order chi connectivity index (χ1) is 9.79. The molecule has 1 heterocycles. The largest absolute Gasteiger partial charge is 0.287 e. The van der Waals surface area contributed by atoms with Crippen LogP contribution in [-0.4, -0.2) is 19.6 Å². The van der Waals surface area contributed by atoms with Crippen molar-refractivity contribution < 1.29 is 8.42 Å². The maximum Gasteiger partial charge on any atom is 0.287 e. The predicted octanol–water partition coefficient (Wildman–Crippen LogP) is 3.38. The van der Waals surface area contributed by atoms with Crippen LogP contribution in [0, 0.1) is 13.8 Å². The van der Waals surface area contributed by atoms with E-state index in [0.29, 0.717) is 26.3 Å². The van der Waals surface area contributed by atoms with E-state index in [9.17, 15) is 8.42 Å². The minimum absolute atomic E-state index is 0.159. The number of nitrogens with zero attached hydrogens (tertiary/aromatic N) is 2. The van der Waals surface area contributed by atoms with Gasteiger partial charge in [-0.2, -0.15) is 18.4 Å². The van der Waals surface area contributed by atoms with E-state index in [1.54, 1.807) is 32.0 Å². The summed E-state index contributed by atoms with van der Waals surface area (Å²) in [6, 6.07) is 4.87. The molecule has 0 bridgehead atoms. The Bertz CT molecular complexity index is 801. The second-order valence-corrected chi connectivity index (χ2v) is 8.01. The van der Waals surface area contributed by atoms with Crippen molar-refractivity contribution in [3.8, 4) is 0 Å². The van der Waals surface area contributed by atoms with Crippen molar-refractivity contribution in [1.82, 2.24) is 9.82 Å². The van der Waals surface area contributed by atoms with Crippen LogP contribution in [0.25, 0.3) is 0 Å². The second kappa shape index (κ2) is 6.31. The summed E-state index contributed by atoms with van der Waals surface area (Å²) in [5.74, 6) is 0. The number of benzene rings is 1. The molecule has 0 aliphatic carbocycles. The highest BCUT2D eigenvalue weighted by Gasteiger charge is 2.19. The number of hydrazone groups is 1. The lowest BCUT2D eigenvalue weighted by atomic mass is 10.2. The molecule has 0 atom stereocenters. The summed E-state index contributed by atoms with van der Waals surface area (Å²) in [4.78, 5) is 6.23. The number of thiazole rings is 1. The topological polar surface area (TPSA) is 71.4 Å². The minimum atomic E-state index is -3.71. The summed E-state index contributed by atoms with van der Waals surface area (Å²) in [5.41, 5.74) is 1.08. The van der Waals surface area contributed by atoms with E-state index in [2.05, 4.69) is 14.9 Å². The smallest absolute Gasteiger partial charge is 0.245 e. The van der Waals surface area contributed by atoms with Crippen molar-refractivity contribution in [2.24, 2.45) is 5.10 Å². The second-order valence-electron chi connectivity index (χ2n) is 4.13. The summed E-state index contributed by atoms with van der Waals surface area (Å²) < 4.78 is 24.3. The zero-order chi connectivity index (χ0) is 15.6. The molecule has 0 saturated heterocycles. The highest BCUT2D eigenvalue weighted by atomic mass is 35.5. The molecule has 0 amide bonds. The van der Waals surface area contributed by atoms with Crippen molar-refractivity contribution in [3.05, 3.63) is 44.5 Å². The van der Waals surface area contributed by atoms with Crippen LogP contribution in [-0.2, 0) is 10.0 Å². The van der Waals surface area contributed by atoms with Gasteiger partial charge in [0.05, 0.1) is 27.0 Å². The van der Waals surface area contributed by atoms with Gasteiger partial charge in [0, 0.05) is 0 Å². The molecule has 2 rings (SSSR count). The van der Waals surface area contributed by atoms with Gasteiger partial charge in [-0.1, -0.05) is 29.3 Å². The van der Waals surface area contributed by atoms with Gasteiger partial charge in [-0.05, 0) is 31.5 Å². The van der Waals surface area contributed by atoms with Crippen LogP contribution in [0.3, 0.4) is 0 Å². The molecule has 0 unspecified atom stereocenters. The predicted molar refractivity (Wildman–Crippen MR) is 86.0 cm³/mol. The van der Waals surface area contributed by atoms with E-state index in [1.807, 2.05) is 0 Å². The summed E-state index contributed by atoms with van der Waals surface area (Å²) in [7, 11) is -3.71. The number of halogens is 2. The molecule has 21 heavy (non-hydrogen) atoms.